The van der Waals surface area contributed by atoms with Crippen molar-refractivity contribution in [3.63, 3.8) is 0 Å². The van der Waals surface area contributed by atoms with Gasteiger partial charge in [0.2, 0.25) is 0 Å². The van der Waals surface area contributed by atoms with Gasteiger partial charge in [-0.2, -0.15) is 8.78 Å². The topological polar surface area (TPSA) is 110 Å². The lowest BCUT2D eigenvalue weighted by atomic mass is 9.56. The van der Waals surface area contributed by atoms with Gasteiger partial charge in [-0.3, -0.25) is 9.69 Å². The number of alkyl halides is 4. The fourth-order valence-electron chi connectivity index (χ4n) is 9.99. The number of likely N-dealkylation sites (tertiary alicyclic amines) is 1. The minimum absolute atomic E-state index is 0.0320. The molecule has 1 saturated heterocycles. The van der Waals surface area contributed by atoms with E-state index in [0.717, 1.165) is 62.0 Å². The molecule has 280 valence electrons. The molecule has 1 aromatic carbocycles. The van der Waals surface area contributed by atoms with Crippen LogP contribution in [0.2, 0.25) is 0 Å². The van der Waals surface area contributed by atoms with E-state index in [-0.39, 0.29) is 48.9 Å². The Morgan fingerprint density at radius 3 is 2.37 bits per heavy atom. The number of rotatable bonds is 9. The summed E-state index contributed by atoms with van der Waals surface area (Å²) in [5, 5.41) is 14.1. The SMILES string of the molecule is CC1CC2CC(C)C(NC(=O)c3cnc(-c4cn(C5CC5)c5cc(OC6CCC(N7CC(F)(F)C7)CC6)ccc45)nc3C(C)(F)F)(C(=O)O)C(C1)C2. The van der Waals surface area contributed by atoms with Gasteiger partial charge in [-0.1, -0.05) is 13.8 Å². The standard InChI is InChI=1S/C39H47F4N5O4/c1-21-12-23-14-22(2)39(36(50)51,24(13-21)15-23)46-35(49)30-17-44-34(45-33(30)37(3,40)41)31-18-48(26-4-5-26)32-16-28(10-11-29(31)32)52-27-8-6-25(7-9-27)47-19-38(42,43)20-47/h10-11,16-18,21-27H,4-9,12-15,19-20H2,1-3H3,(H,46,49)(H,50,51). The zero-order valence-corrected chi connectivity index (χ0v) is 29.9. The Bertz CT molecular complexity index is 1870. The van der Waals surface area contributed by atoms with E-state index in [0.29, 0.717) is 49.3 Å². The maximum atomic E-state index is 15.3. The van der Waals surface area contributed by atoms with Gasteiger partial charge in [-0.15, -0.1) is 0 Å². The number of hydrogen-bond acceptors (Lipinski definition) is 6. The van der Waals surface area contributed by atoms with E-state index in [1.54, 1.807) is 0 Å². The Morgan fingerprint density at radius 2 is 1.71 bits per heavy atom. The van der Waals surface area contributed by atoms with Crippen LogP contribution in [0.15, 0.2) is 30.6 Å². The number of carbonyl (C=O) groups is 2. The highest BCUT2D eigenvalue weighted by Crippen LogP contribution is 2.51. The second-order valence-electron chi connectivity index (χ2n) is 16.7. The zero-order valence-electron chi connectivity index (χ0n) is 29.9. The van der Waals surface area contributed by atoms with E-state index >= 15 is 8.78 Å². The largest absolute Gasteiger partial charge is 0.490 e. The summed E-state index contributed by atoms with van der Waals surface area (Å²) < 4.78 is 66.0. The molecule has 5 aliphatic rings. The summed E-state index contributed by atoms with van der Waals surface area (Å²) in [5.41, 5.74) is -1.36. The van der Waals surface area contributed by atoms with Gasteiger partial charge in [0.15, 0.2) is 5.82 Å². The number of aliphatic carboxylic acids is 1. The first kappa shape index (κ1) is 35.3. The number of nitrogens with zero attached hydrogens (tertiary/aromatic N) is 4. The molecule has 52 heavy (non-hydrogen) atoms. The highest BCUT2D eigenvalue weighted by atomic mass is 19.3. The lowest BCUT2D eigenvalue weighted by Crippen LogP contribution is -2.66. The molecule has 5 atom stereocenters. The molecule has 4 aliphatic carbocycles. The number of nitrogens with one attached hydrogen (secondary N) is 1. The molecule has 3 heterocycles. The van der Waals surface area contributed by atoms with Crippen molar-refractivity contribution in [2.75, 3.05) is 13.1 Å². The van der Waals surface area contributed by atoms with Crippen LogP contribution in [0.3, 0.4) is 0 Å². The summed E-state index contributed by atoms with van der Waals surface area (Å²) in [7, 11) is 0. The van der Waals surface area contributed by atoms with Crippen LogP contribution in [0.5, 0.6) is 5.75 Å². The third-order valence-electron chi connectivity index (χ3n) is 12.6. The summed E-state index contributed by atoms with van der Waals surface area (Å²) in [5.74, 6) is -7.43. The van der Waals surface area contributed by atoms with Gasteiger partial charge in [0.1, 0.15) is 17.0 Å². The molecule has 4 saturated carbocycles. The number of carbonyl (C=O) groups excluding carboxylic acids is 1. The van der Waals surface area contributed by atoms with Crippen LogP contribution in [-0.2, 0) is 10.7 Å². The number of aromatic nitrogens is 3. The van der Waals surface area contributed by atoms with Crippen molar-refractivity contribution in [3.8, 4) is 17.1 Å². The van der Waals surface area contributed by atoms with Gasteiger partial charge in [0, 0.05) is 48.4 Å². The number of carboxylic acid groups (broad SMARTS) is 1. The van der Waals surface area contributed by atoms with Crippen LogP contribution < -0.4 is 10.1 Å². The van der Waals surface area contributed by atoms with E-state index in [4.69, 9.17) is 4.74 Å². The first-order valence-corrected chi connectivity index (χ1v) is 18.9. The number of amides is 1. The molecule has 2 aromatic heterocycles. The van der Waals surface area contributed by atoms with Gasteiger partial charge in [0.05, 0.1) is 30.3 Å². The maximum Gasteiger partial charge on any atom is 0.329 e. The third-order valence-corrected chi connectivity index (χ3v) is 12.6. The number of benzene rings is 1. The second kappa shape index (κ2) is 12.7. The number of hydrogen-bond donors (Lipinski definition) is 2. The highest BCUT2D eigenvalue weighted by molar-refractivity contribution is 6.00. The normalized spacial score (nSPS) is 31.9. The molecule has 5 fully saturated rings. The Labute approximate surface area is 300 Å². The highest BCUT2D eigenvalue weighted by Gasteiger charge is 2.57. The van der Waals surface area contributed by atoms with Crippen LogP contribution in [0.4, 0.5) is 17.6 Å². The molecule has 13 heteroatoms. The summed E-state index contributed by atoms with van der Waals surface area (Å²) in [6.07, 6.45) is 11.0. The second-order valence-corrected chi connectivity index (χ2v) is 16.7. The fraction of sp³-hybridized carbons (Fsp3) is 0.641. The van der Waals surface area contributed by atoms with Crippen LogP contribution in [0, 0.1) is 23.7 Å². The molecular weight excluding hydrogens is 678 g/mol. The van der Waals surface area contributed by atoms with Crippen molar-refractivity contribution in [3.05, 3.63) is 41.9 Å². The van der Waals surface area contributed by atoms with E-state index in [1.807, 2.05) is 36.2 Å². The molecule has 0 spiro atoms. The molecule has 0 radical (unpaired) electrons. The van der Waals surface area contributed by atoms with Crippen molar-refractivity contribution >= 4 is 22.8 Å². The molecule has 5 unspecified atom stereocenters. The van der Waals surface area contributed by atoms with E-state index in [2.05, 4.69) is 26.8 Å². The van der Waals surface area contributed by atoms with Crippen LogP contribution in [-0.4, -0.2) is 73.1 Å². The van der Waals surface area contributed by atoms with E-state index in [9.17, 15) is 23.5 Å². The smallest absolute Gasteiger partial charge is 0.329 e. The zero-order chi connectivity index (χ0) is 36.7. The van der Waals surface area contributed by atoms with Crippen LogP contribution in [0.25, 0.3) is 22.3 Å². The van der Waals surface area contributed by atoms with Gasteiger partial charge < -0.3 is 19.7 Å². The minimum Gasteiger partial charge on any atom is -0.490 e. The Hall–Kier alpha value is -3.74. The Morgan fingerprint density at radius 1 is 1.00 bits per heavy atom. The quantitative estimate of drug-likeness (QED) is 0.217. The van der Waals surface area contributed by atoms with Crippen LogP contribution >= 0.6 is 0 Å². The Balaban J connectivity index is 1.06. The van der Waals surface area contributed by atoms with Crippen molar-refractivity contribution in [2.24, 2.45) is 23.7 Å². The molecule has 3 aromatic rings. The van der Waals surface area contributed by atoms with Gasteiger partial charge in [-0.25, -0.2) is 23.5 Å². The number of fused-ring (bicyclic) bond motifs is 3. The molecular formula is C39H47F4N5O4. The molecule has 2 N–H and O–H groups in total. The molecule has 9 nitrogen and oxygen atoms in total. The summed E-state index contributed by atoms with van der Waals surface area (Å²) in [6.45, 7) is 4.28. The molecule has 8 rings (SSSR count). The summed E-state index contributed by atoms with van der Waals surface area (Å²) >= 11 is 0. The van der Waals surface area contributed by atoms with Crippen molar-refractivity contribution in [1.29, 1.82) is 0 Å². The molecule has 1 aliphatic heterocycles. The van der Waals surface area contributed by atoms with Gasteiger partial charge >= 0.3 is 5.97 Å². The molecule has 2 bridgehead atoms. The summed E-state index contributed by atoms with van der Waals surface area (Å²) in [4.78, 5) is 37.5. The first-order valence-electron chi connectivity index (χ1n) is 18.9. The maximum absolute atomic E-state index is 15.3. The predicted octanol–water partition coefficient (Wildman–Crippen LogP) is 7.83. The predicted molar refractivity (Wildman–Crippen MR) is 186 cm³/mol. The number of carboxylic acids is 1. The fourth-order valence-corrected chi connectivity index (χ4v) is 9.99. The number of halogens is 4. The minimum atomic E-state index is -3.52. The Kier molecular flexibility index (Phi) is 8.62. The van der Waals surface area contributed by atoms with Crippen molar-refractivity contribution < 1.29 is 37.0 Å². The van der Waals surface area contributed by atoms with Gasteiger partial charge in [0.25, 0.3) is 17.8 Å². The van der Waals surface area contributed by atoms with Crippen LogP contribution in [0.1, 0.15) is 107 Å². The van der Waals surface area contributed by atoms with E-state index < -0.39 is 40.5 Å². The first-order chi connectivity index (χ1) is 24.6. The summed E-state index contributed by atoms with van der Waals surface area (Å²) in [6, 6.07) is 6.06. The monoisotopic (exact) mass is 725 g/mol. The average Bonchev–Trinajstić information content (AvgIpc) is 3.85. The van der Waals surface area contributed by atoms with Gasteiger partial charge in [-0.05, 0) is 100 Å². The third kappa shape index (κ3) is 6.34. The van der Waals surface area contributed by atoms with Crippen molar-refractivity contribution in [1.82, 2.24) is 24.8 Å². The lowest BCUT2D eigenvalue weighted by Gasteiger charge is -2.52. The lowest BCUT2D eigenvalue weighted by molar-refractivity contribution is -0.155. The number of ether oxygens (including phenoxy) is 1. The van der Waals surface area contributed by atoms with Crippen molar-refractivity contribution in [2.45, 2.75) is 121 Å². The average molecular weight is 726 g/mol. The van der Waals surface area contributed by atoms with E-state index in [1.165, 1.54) is 0 Å². The molecule has 1 amide bonds.